The Morgan fingerprint density at radius 1 is 1.00 bits per heavy atom. The van der Waals surface area contributed by atoms with E-state index in [0.29, 0.717) is 0 Å². The number of aryl methyl sites for hydroxylation is 3. The van der Waals surface area contributed by atoms with Gasteiger partial charge >= 0.3 is 0 Å². The van der Waals surface area contributed by atoms with E-state index < -0.39 is 23.6 Å². The number of anilines is 2. The summed E-state index contributed by atoms with van der Waals surface area (Å²) in [4.78, 5) is 26.3. The van der Waals surface area contributed by atoms with Gasteiger partial charge in [0.25, 0.3) is 0 Å². The van der Waals surface area contributed by atoms with Crippen LogP contribution in [0.2, 0.25) is 0 Å². The van der Waals surface area contributed by atoms with E-state index in [4.69, 9.17) is 0 Å². The number of rotatable bonds is 6. The van der Waals surface area contributed by atoms with Gasteiger partial charge in [0.05, 0.1) is 12.6 Å². The van der Waals surface area contributed by atoms with Crippen LogP contribution in [0.15, 0.2) is 30.3 Å². The van der Waals surface area contributed by atoms with Gasteiger partial charge in [-0.3, -0.25) is 14.5 Å². The van der Waals surface area contributed by atoms with Crippen molar-refractivity contribution in [1.82, 2.24) is 4.90 Å². The van der Waals surface area contributed by atoms with E-state index in [1.165, 1.54) is 6.07 Å². The van der Waals surface area contributed by atoms with E-state index in [1.807, 2.05) is 32.9 Å². The molecule has 1 atom stereocenters. The van der Waals surface area contributed by atoms with Crippen molar-refractivity contribution in [3.8, 4) is 0 Å². The van der Waals surface area contributed by atoms with Crippen LogP contribution in [0.25, 0.3) is 0 Å². The largest absolute Gasteiger partial charge is 0.325 e. The first kappa shape index (κ1) is 21.5. The van der Waals surface area contributed by atoms with Gasteiger partial charge in [-0.25, -0.2) is 8.78 Å². The van der Waals surface area contributed by atoms with E-state index in [-0.39, 0.29) is 18.1 Å². The predicted molar refractivity (Wildman–Crippen MR) is 106 cm³/mol. The number of carbonyl (C=O) groups excluding carboxylic acids is 2. The molecule has 0 fully saturated rings. The zero-order valence-corrected chi connectivity index (χ0v) is 16.7. The molecule has 0 bridgehead atoms. The molecule has 2 aromatic rings. The number of nitrogens with one attached hydrogen (secondary N) is 2. The Bertz CT molecular complexity index is 876. The summed E-state index contributed by atoms with van der Waals surface area (Å²) in [7, 11) is 1.64. The summed E-state index contributed by atoms with van der Waals surface area (Å²) >= 11 is 0. The van der Waals surface area contributed by atoms with Gasteiger partial charge < -0.3 is 10.6 Å². The lowest BCUT2D eigenvalue weighted by atomic mass is 10.1. The minimum absolute atomic E-state index is 0.000871. The summed E-state index contributed by atoms with van der Waals surface area (Å²) < 4.78 is 26.3. The minimum atomic E-state index is -1.04. The molecular weight excluding hydrogens is 364 g/mol. The maximum absolute atomic E-state index is 13.3. The molecule has 7 heteroatoms. The van der Waals surface area contributed by atoms with Crippen LogP contribution in [0.5, 0.6) is 0 Å². The number of hydrogen-bond acceptors (Lipinski definition) is 3. The van der Waals surface area contributed by atoms with Gasteiger partial charge in [0.1, 0.15) is 0 Å². The van der Waals surface area contributed by atoms with Crippen LogP contribution in [-0.2, 0) is 9.59 Å². The van der Waals surface area contributed by atoms with E-state index in [9.17, 15) is 18.4 Å². The summed E-state index contributed by atoms with van der Waals surface area (Å²) in [5, 5.41) is 5.41. The van der Waals surface area contributed by atoms with Crippen molar-refractivity contribution < 1.29 is 18.4 Å². The minimum Gasteiger partial charge on any atom is -0.325 e. The van der Waals surface area contributed by atoms with Crippen LogP contribution in [0.3, 0.4) is 0 Å². The maximum Gasteiger partial charge on any atom is 0.241 e. The molecular formula is C21H25F2N3O2. The molecule has 2 aromatic carbocycles. The first-order valence-corrected chi connectivity index (χ1v) is 8.92. The van der Waals surface area contributed by atoms with Crippen molar-refractivity contribution in [2.45, 2.75) is 33.7 Å². The third-order valence-corrected chi connectivity index (χ3v) is 4.56. The molecule has 5 nitrogen and oxygen atoms in total. The lowest BCUT2D eigenvalue weighted by molar-refractivity contribution is -0.122. The molecule has 0 aliphatic heterocycles. The highest BCUT2D eigenvalue weighted by atomic mass is 19.2. The quantitative estimate of drug-likeness (QED) is 0.790. The zero-order chi connectivity index (χ0) is 21.0. The molecule has 0 saturated heterocycles. The van der Waals surface area contributed by atoms with Crippen LogP contribution in [0.4, 0.5) is 20.2 Å². The van der Waals surface area contributed by atoms with Crippen LogP contribution < -0.4 is 10.6 Å². The van der Waals surface area contributed by atoms with Crippen molar-refractivity contribution in [2.24, 2.45) is 0 Å². The second kappa shape index (κ2) is 8.93. The maximum atomic E-state index is 13.3. The highest BCUT2D eigenvalue weighted by Crippen LogP contribution is 2.22. The third-order valence-electron chi connectivity index (χ3n) is 4.56. The average Bonchev–Trinajstić information content (AvgIpc) is 2.60. The number of carbonyl (C=O) groups is 2. The highest BCUT2D eigenvalue weighted by Gasteiger charge is 2.21. The lowest BCUT2D eigenvalue weighted by Gasteiger charge is -2.24. The molecule has 0 aromatic heterocycles. The molecule has 2 N–H and O–H groups in total. The number of hydrogen-bond donors (Lipinski definition) is 2. The van der Waals surface area contributed by atoms with Gasteiger partial charge in [-0.15, -0.1) is 0 Å². The van der Waals surface area contributed by atoms with Crippen molar-refractivity contribution in [2.75, 3.05) is 24.2 Å². The van der Waals surface area contributed by atoms with E-state index in [1.54, 1.807) is 18.9 Å². The summed E-state index contributed by atoms with van der Waals surface area (Å²) in [6, 6.07) is 6.46. The van der Waals surface area contributed by atoms with Gasteiger partial charge in [0.15, 0.2) is 11.6 Å². The van der Waals surface area contributed by atoms with Crippen LogP contribution in [-0.4, -0.2) is 36.3 Å². The summed E-state index contributed by atoms with van der Waals surface area (Å²) in [5.41, 5.74) is 3.98. The van der Waals surface area contributed by atoms with Crippen molar-refractivity contribution in [3.05, 3.63) is 58.7 Å². The normalized spacial score (nSPS) is 12.0. The average molecular weight is 389 g/mol. The molecule has 0 aliphatic rings. The van der Waals surface area contributed by atoms with Crippen LogP contribution in [0, 0.1) is 32.4 Å². The topological polar surface area (TPSA) is 61.4 Å². The molecule has 28 heavy (non-hydrogen) atoms. The molecule has 2 rings (SSSR count). The Morgan fingerprint density at radius 2 is 1.61 bits per heavy atom. The van der Waals surface area contributed by atoms with Crippen molar-refractivity contribution in [1.29, 1.82) is 0 Å². The van der Waals surface area contributed by atoms with Gasteiger partial charge in [-0.05, 0) is 58.0 Å². The van der Waals surface area contributed by atoms with Gasteiger partial charge in [0.2, 0.25) is 11.8 Å². The second-order valence-electron chi connectivity index (χ2n) is 7.03. The first-order valence-electron chi connectivity index (χ1n) is 8.92. The zero-order valence-electron chi connectivity index (χ0n) is 16.7. The molecule has 0 radical (unpaired) electrons. The molecule has 0 saturated carbocycles. The second-order valence-corrected chi connectivity index (χ2v) is 7.03. The first-order chi connectivity index (χ1) is 13.1. The molecule has 0 spiro atoms. The Balaban J connectivity index is 1.97. The number of halogens is 2. The standard InChI is InChI=1S/C21H25F2N3O2/c1-12-8-13(2)20(14(3)9-12)25-19(27)11-26(5)15(4)21(28)24-16-6-7-17(22)18(23)10-16/h6-10,15H,11H2,1-5H3,(H,24,28)(H,25,27). The smallest absolute Gasteiger partial charge is 0.241 e. The van der Waals surface area contributed by atoms with Gasteiger partial charge in [-0.2, -0.15) is 0 Å². The Morgan fingerprint density at radius 3 is 2.18 bits per heavy atom. The number of likely N-dealkylation sites (N-methyl/N-ethyl adjacent to an activating group) is 1. The van der Waals surface area contributed by atoms with Gasteiger partial charge in [-0.1, -0.05) is 17.7 Å². The third kappa shape index (κ3) is 5.36. The Hall–Kier alpha value is -2.80. The number of benzene rings is 2. The molecule has 1 unspecified atom stereocenters. The van der Waals surface area contributed by atoms with E-state index >= 15 is 0 Å². The molecule has 0 heterocycles. The summed E-state index contributed by atoms with van der Waals surface area (Å²) in [6.07, 6.45) is 0. The van der Waals surface area contributed by atoms with Crippen LogP contribution in [0.1, 0.15) is 23.6 Å². The summed E-state index contributed by atoms with van der Waals surface area (Å²) in [5.74, 6) is -2.70. The Kier molecular flexibility index (Phi) is 6.85. The predicted octanol–water partition coefficient (Wildman–Crippen LogP) is 3.79. The fraction of sp³-hybridized carbons (Fsp3) is 0.333. The monoisotopic (exact) mass is 389 g/mol. The van der Waals surface area contributed by atoms with Crippen molar-refractivity contribution in [3.63, 3.8) is 0 Å². The SMILES string of the molecule is Cc1cc(C)c(NC(=O)CN(C)C(C)C(=O)Nc2ccc(F)c(F)c2)c(C)c1. The molecule has 0 aliphatic carbocycles. The highest BCUT2D eigenvalue weighted by molar-refractivity contribution is 5.96. The number of amides is 2. The van der Waals surface area contributed by atoms with E-state index in [0.717, 1.165) is 34.5 Å². The summed E-state index contributed by atoms with van der Waals surface area (Å²) in [6.45, 7) is 7.48. The van der Waals surface area contributed by atoms with Crippen LogP contribution >= 0.6 is 0 Å². The lowest BCUT2D eigenvalue weighted by Crippen LogP contribution is -2.43. The molecule has 2 amide bonds. The van der Waals surface area contributed by atoms with E-state index in [2.05, 4.69) is 10.6 Å². The van der Waals surface area contributed by atoms with Crippen molar-refractivity contribution >= 4 is 23.2 Å². The molecule has 150 valence electrons. The number of nitrogens with zero attached hydrogens (tertiary/aromatic N) is 1. The van der Waals surface area contributed by atoms with Gasteiger partial charge in [0, 0.05) is 17.4 Å². The fourth-order valence-corrected chi connectivity index (χ4v) is 2.94. The Labute approximate surface area is 163 Å². The fourth-order valence-electron chi connectivity index (χ4n) is 2.94.